The number of hydrogen-bond acceptors (Lipinski definition) is 4. The molecule has 1 heterocycles. The summed E-state index contributed by atoms with van der Waals surface area (Å²) in [6.45, 7) is 6.60. The van der Waals surface area contributed by atoms with Crippen molar-refractivity contribution in [1.82, 2.24) is 9.97 Å². The van der Waals surface area contributed by atoms with Crippen molar-refractivity contribution in [1.29, 1.82) is 0 Å². The van der Waals surface area contributed by atoms with Crippen LogP contribution in [0.5, 0.6) is 0 Å². The van der Waals surface area contributed by atoms with Gasteiger partial charge in [-0.15, -0.1) is 0 Å². The van der Waals surface area contributed by atoms with E-state index in [1.807, 2.05) is 0 Å². The molecule has 0 unspecified atom stereocenters. The molecule has 120 valence electrons. The van der Waals surface area contributed by atoms with Crippen LogP contribution < -0.4 is 5.73 Å². The lowest BCUT2D eigenvalue weighted by Crippen LogP contribution is -2.10. The maximum absolute atomic E-state index is 6.11. The first kappa shape index (κ1) is 15.5. The Balaban J connectivity index is 1.93. The minimum absolute atomic E-state index is 0.136. The summed E-state index contributed by atoms with van der Waals surface area (Å²) in [6.07, 6.45) is 3.88. The van der Waals surface area contributed by atoms with E-state index >= 15 is 0 Å². The molecule has 23 heavy (non-hydrogen) atoms. The summed E-state index contributed by atoms with van der Waals surface area (Å²) >= 11 is 0. The van der Waals surface area contributed by atoms with Gasteiger partial charge in [-0.3, -0.25) is 0 Å². The zero-order valence-corrected chi connectivity index (χ0v) is 14.2. The molecule has 0 atom stereocenters. The minimum Gasteiger partial charge on any atom is -0.494 e. The first-order valence-corrected chi connectivity index (χ1v) is 7.90. The van der Waals surface area contributed by atoms with Crippen LogP contribution in [-0.4, -0.2) is 17.1 Å². The number of rotatable bonds is 3. The van der Waals surface area contributed by atoms with Crippen molar-refractivity contribution in [2.45, 2.75) is 39.0 Å². The fourth-order valence-corrected chi connectivity index (χ4v) is 2.56. The van der Waals surface area contributed by atoms with Gasteiger partial charge in [0.1, 0.15) is 11.5 Å². The number of allylic oxidation sites excluding steroid dienone is 1. The quantitative estimate of drug-likeness (QED) is 0.864. The molecule has 0 aliphatic heterocycles. The third-order valence-corrected chi connectivity index (χ3v) is 4.09. The number of anilines is 1. The highest BCUT2D eigenvalue weighted by atomic mass is 16.5. The largest absolute Gasteiger partial charge is 0.494 e. The van der Waals surface area contributed by atoms with Gasteiger partial charge in [0.05, 0.1) is 19.0 Å². The molecule has 3 rings (SSSR count). The standard InChI is InChI=1S/C19H23N3O/c1-19(2,3)14-9-7-12(8-10-14)15-11-21-16(18(20)22-15)17(23-4)13-5-6-13/h7-11H,5-6H2,1-4H3,(H2,20,22). The number of nitrogens with two attached hydrogens (primary N) is 1. The molecular weight excluding hydrogens is 286 g/mol. The fourth-order valence-electron chi connectivity index (χ4n) is 2.56. The van der Waals surface area contributed by atoms with Gasteiger partial charge < -0.3 is 10.5 Å². The van der Waals surface area contributed by atoms with Gasteiger partial charge in [-0.25, -0.2) is 9.97 Å². The molecule has 0 bridgehead atoms. The van der Waals surface area contributed by atoms with Gasteiger partial charge in [0.25, 0.3) is 0 Å². The van der Waals surface area contributed by atoms with Crippen molar-refractivity contribution in [3.63, 3.8) is 0 Å². The first-order valence-electron chi connectivity index (χ1n) is 7.90. The average Bonchev–Trinajstić information content (AvgIpc) is 3.34. The molecule has 0 spiro atoms. The predicted molar refractivity (Wildman–Crippen MR) is 93.7 cm³/mol. The summed E-state index contributed by atoms with van der Waals surface area (Å²) in [5.74, 6) is 1.20. The van der Waals surface area contributed by atoms with Crippen LogP contribution in [-0.2, 0) is 10.2 Å². The number of hydrogen-bond donors (Lipinski definition) is 1. The van der Waals surface area contributed by atoms with Gasteiger partial charge in [0.15, 0.2) is 5.82 Å². The second-order valence-electron chi connectivity index (χ2n) is 6.95. The third-order valence-electron chi connectivity index (χ3n) is 4.09. The van der Waals surface area contributed by atoms with Gasteiger partial charge >= 0.3 is 0 Å². The Kier molecular flexibility index (Phi) is 3.84. The van der Waals surface area contributed by atoms with Crippen LogP contribution >= 0.6 is 0 Å². The van der Waals surface area contributed by atoms with Gasteiger partial charge in [-0.1, -0.05) is 45.0 Å². The Morgan fingerprint density at radius 1 is 1.13 bits per heavy atom. The van der Waals surface area contributed by atoms with Gasteiger partial charge in [-0.2, -0.15) is 0 Å². The Hall–Kier alpha value is -2.36. The van der Waals surface area contributed by atoms with E-state index in [9.17, 15) is 0 Å². The molecule has 0 amide bonds. The molecule has 1 fully saturated rings. The van der Waals surface area contributed by atoms with E-state index in [4.69, 9.17) is 10.5 Å². The third kappa shape index (κ3) is 3.21. The molecule has 2 N–H and O–H groups in total. The van der Waals surface area contributed by atoms with E-state index in [0.717, 1.165) is 29.9 Å². The molecule has 0 radical (unpaired) electrons. The van der Waals surface area contributed by atoms with Crippen LogP contribution in [0.3, 0.4) is 0 Å². The maximum atomic E-state index is 6.11. The molecule has 1 aromatic carbocycles. The van der Waals surface area contributed by atoms with Crippen LogP contribution in [0.1, 0.15) is 44.9 Å². The first-order chi connectivity index (χ1) is 10.9. The SMILES string of the molecule is COC(=C1CC1)c1ncc(-c2ccc(C(C)(C)C)cc2)nc1N. The monoisotopic (exact) mass is 309 g/mol. The summed E-state index contributed by atoms with van der Waals surface area (Å²) in [4.78, 5) is 9.00. The summed E-state index contributed by atoms with van der Waals surface area (Å²) in [6, 6.07) is 8.41. The van der Waals surface area contributed by atoms with E-state index in [-0.39, 0.29) is 5.41 Å². The van der Waals surface area contributed by atoms with Crippen molar-refractivity contribution >= 4 is 11.6 Å². The Labute approximate surface area is 137 Å². The van der Waals surface area contributed by atoms with Crippen molar-refractivity contribution in [3.8, 4) is 11.3 Å². The highest BCUT2D eigenvalue weighted by Gasteiger charge is 2.23. The van der Waals surface area contributed by atoms with Crippen LogP contribution in [0.4, 0.5) is 5.82 Å². The van der Waals surface area contributed by atoms with Gasteiger partial charge in [-0.05, 0) is 29.4 Å². The summed E-state index contributed by atoms with van der Waals surface area (Å²) in [5.41, 5.74) is 11.2. The molecule has 0 saturated heterocycles. The maximum Gasteiger partial charge on any atom is 0.153 e. The smallest absolute Gasteiger partial charge is 0.153 e. The van der Waals surface area contributed by atoms with Crippen LogP contribution in [0.2, 0.25) is 0 Å². The summed E-state index contributed by atoms with van der Waals surface area (Å²) < 4.78 is 5.44. The zero-order valence-electron chi connectivity index (χ0n) is 14.2. The molecule has 1 saturated carbocycles. The van der Waals surface area contributed by atoms with Crippen LogP contribution in [0.25, 0.3) is 17.0 Å². The Morgan fingerprint density at radius 3 is 2.26 bits per heavy atom. The molecule has 1 aliphatic rings. The van der Waals surface area contributed by atoms with Crippen molar-refractivity contribution in [3.05, 3.63) is 47.3 Å². The average molecular weight is 309 g/mol. The lowest BCUT2D eigenvalue weighted by molar-refractivity contribution is 0.367. The van der Waals surface area contributed by atoms with E-state index in [0.29, 0.717) is 11.5 Å². The molecule has 4 heteroatoms. The molecule has 1 aliphatic carbocycles. The molecule has 4 nitrogen and oxygen atoms in total. The van der Waals surface area contributed by atoms with Gasteiger partial charge in [0, 0.05) is 5.56 Å². The van der Waals surface area contributed by atoms with E-state index in [2.05, 4.69) is 55.0 Å². The molecule has 2 aromatic rings. The van der Waals surface area contributed by atoms with Gasteiger partial charge in [0.2, 0.25) is 0 Å². The predicted octanol–water partition coefficient (Wildman–Crippen LogP) is 4.17. The van der Waals surface area contributed by atoms with Crippen molar-refractivity contribution < 1.29 is 4.74 Å². The summed E-state index contributed by atoms with van der Waals surface area (Å²) in [7, 11) is 1.65. The lowest BCUT2D eigenvalue weighted by atomic mass is 9.86. The number of methoxy groups -OCH3 is 1. The lowest BCUT2D eigenvalue weighted by Gasteiger charge is -2.19. The number of nitrogens with zero attached hydrogens (tertiary/aromatic N) is 2. The summed E-state index contributed by atoms with van der Waals surface area (Å²) in [5, 5.41) is 0. The van der Waals surface area contributed by atoms with E-state index < -0.39 is 0 Å². The fraction of sp³-hybridized carbons (Fsp3) is 0.368. The second-order valence-corrected chi connectivity index (χ2v) is 6.95. The van der Waals surface area contributed by atoms with Crippen LogP contribution in [0, 0.1) is 0 Å². The highest BCUT2D eigenvalue weighted by molar-refractivity contribution is 5.72. The number of benzene rings is 1. The number of nitrogen functional groups attached to an aromatic ring is 1. The topological polar surface area (TPSA) is 61.0 Å². The van der Waals surface area contributed by atoms with Crippen LogP contribution in [0.15, 0.2) is 36.0 Å². The van der Waals surface area contributed by atoms with E-state index in [1.165, 1.54) is 11.1 Å². The zero-order chi connectivity index (χ0) is 16.6. The number of ether oxygens (including phenoxy) is 1. The van der Waals surface area contributed by atoms with E-state index in [1.54, 1.807) is 13.3 Å². The Bertz CT molecular complexity index is 749. The highest BCUT2D eigenvalue weighted by Crippen LogP contribution is 2.37. The van der Waals surface area contributed by atoms with Crippen molar-refractivity contribution in [2.24, 2.45) is 0 Å². The Morgan fingerprint density at radius 2 is 1.78 bits per heavy atom. The normalized spacial score (nSPS) is 13.8. The second kappa shape index (κ2) is 5.69. The minimum atomic E-state index is 0.136. The number of aromatic nitrogens is 2. The molecule has 1 aromatic heterocycles. The molecular formula is C19H23N3O. The van der Waals surface area contributed by atoms with Crippen molar-refractivity contribution in [2.75, 3.05) is 12.8 Å².